The van der Waals surface area contributed by atoms with Gasteiger partial charge in [0.15, 0.2) is 0 Å². The Hall–Kier alpha value is -1.30. The van der Waals surface area contributed by atoms with Gasteiger partial charge in [-0.3, -0.25) is 4.79 Å². The molecule has 19 heavy (non-hydrogen) atoms. The number of ether oxygens (including phenoxy) is 1. The highest BCUT2D eigenvalue weighted by atomic mass is 16.5. The Labute approximate surface area is 113 Å². The van der Waals surface area contributed by atoms with Gasteiger partial charge < -0.3 is 19.6 Å². The molecule has 0 aromatic rings. The minimum Gasteiger partial charge on any atom is -0.481 e. The second kappa shape index (κ2) is 6.23. The fourth-order valence-corrected chi connectivity index (χ4v) is 2.86. The Balaban J connectivity index is 1.93. The lowest BCUT2D eigenvalue weighted by Gasteiger charge is -2.38. The number of likely N-dealkylation sites (tertiary alicyclic amines) is 2. The van der Waals surface area contributed by atoms with Crippen LogP contribution in [0.25, 0.3) is 0 Å². The zero-order valence-corrected chi connectivity index (χ0v) is 11.4. The van der Waals surface area contributed by atoms with Crippen molar-refractivity contribution in [3.8, 4) is 0 Å². The van der Waals surface area contributed by atoms with Crippen LogP contribution >= 0.6 is 0 Å². The molecule has 6 nitrogen and oxygen atoms in total. The second-order valence-corrected chi connectivity index (χ2v) is 5.35. The summed E-state index contributed by atoms with van der Waals surface area (Å²) in [5, 5.41) is 9.06. The first-order valence-corrected chi connectivity index (χ1v) is 6.91. The molecule has 1 N–H and O–H groups in total. The van der Waals surface area contributed by atoms with E-state index in [1.54, 1.807) is 16.9 Å². The molecule has 6 heteroatoms. The second-order valence-electron chi connectivity index (χ2n) is 5.35. The number of amides is 2. The van der Waals surface area contributed by atoms with Gasteiger partial charge >= 0.3 is 12.0 Å². The maximum absolute atomic E-state index is 12.4. The molecule has 108 valence electrons. The SMILES string of the molecule is COC1CCCN(C(=O)N2CCC[C@H](C(=O)O)C2)C1. The van der Waals surface area contributed by atoms with Crippen LogP contribution in [0.15, 0.2) is 0 Å². The summed E-state index contributed by atoms with van der Waals surface area (Å²) < 4.78 is 5.31. The molecule has 1 unspecified atom stereocenters. The van der Waals surface area contributed by atoms with E-state index in [1.165, 1.54) is 0 Å². The van der Waals surface area contributed by atoms with Crippen molar-refractivity contribution in [1.82, 2.24) is 9.80 Å². The van der Waals surface area contributed by atoms with Crippen molar-refractivity contribution >= 4 is 12.0 Å². The van der Waals surface area contributed by atoms with Gasteiger partial charge in [-0.2, -0.15) is 0 Å². The van der Waals surface area contributed by atoms with Gasteiger partial charge in [-0.25, -0.2) is 4.79 Å². The molecule has 0 aromatic heterocycles. The van der Waals surface area contributed by atoms with E-state index >= 15 is 0 Å². The fourth-order valence-electron chi connectivity index (χ4n) is 2.86. The zero-order valence-electron chi connectivity index (χ0n) is 11.4. The van der Waals surface area contributed by atoms with Crippen molar-refractivity contribution in [3.05, 3.63) is 0 Å². The standard InChI is InChI=1S/C13H22N2O4/c1-19-11-5-3-7-15(9-11)13(18)14-6-2-4-10(8-14)12(16)17/h10-11H,2-9H2,1H3,(H,16,17)/t10-,11?/m0/s1. The highest BCUT2D eigenvalue weighted by Gasteiger charge is 2.32. The third-order valence-electron chi connectivity index (χ3n) is 4.02. The number of aliphatic carboxylic acids is 1. The van der Waals surface area contributed by atoms with E-state index in [-0.39, 0.29) is 12.1 Å². The van der Waals surface area contributed by atoms with Crippen LogP contribution in [0.2, 0.25) is 0 Å². The largest absolute Gasteiger partial charge is 0.481 e. The fraction of sp³-hybridized carbons (Fsp3) is 0.846. The maximum Gasteiger partial charge on any atom is 0.320 e. The quantitative estimate of drug-likeness (QED) is 0.813. The summed E-state index contributed by atoms with van der Waals surface area (Å²) in [5.74, 6) is -1.22. The van der Waals surface area contributed by atoms with E-state index in [0.29, 0.717) is 26.1 Å². The zero-order chi connectivity index (χ0) is 13.8. The molecular formula is C13H22N2O4. The number of carboxylic acid groups (broad SMARTS) is 1. The third-order valence-corrected chi connectivity index (χ3v) is 4.02. The number of hydrogen-bond donors (Lipinski definition) is 1. The first-order chi connectivity index (χ1) is 9.11. The van der Waals surface area contributed by atoms with Gasteiger partial charge in [-0.05, 0) is 25.7 Å². The van der Waals surface area contributed by atoms with Crippen LogP contribution in [-0.2, 0) is 9.53 Å². The molecule has 2 amide bonds. The molecule has 0 aliphatic carbocycles. The van der Waals surface area contributed by atoms with Crippen LogP contribution < -0.4 is 0 Å². The highest BCUT2D eigenvalue weighted by molar-refractivity contribution is 5.76. The average molecular weight is 270 g/mol. The van der Waals surface area contributed by atoms with Crippen LogP contribution in [0.5, 0.6) is 0 Å². The van der Waals surface area contributed by atoms with Crippen molar-refractivity contribution in [3.63, 3.8) is 0 Å². The molecule has 2 fully saturated rings. The Bertz CT molecular complexity index is 348. The molecular weight excluding hydrogens is 248 g/mol. The van der Waals surface area contributed by atoms with E-state index in [2.05, 4.69) is 0 Å². The predicted molar refractivity (Wildman–Crippen MR) is 68.9 cm³/mol. The van der Waals surface area contributed by atoms with E-state index in [0.717, 1.165) is 25.8 Å². The molecule has 0 bridgehead atoms. The van der Waals surface area contributed by atoms with Crippen LogP contribution in [0.3, 0.4) is 0 Å². The van der Waals surface area contributed by atoms with E-state index in [1.807, 2.05) is 0 Å². The van der Waals surface area contributed by atoms with Crippen molar-refractivity contribution in [1.29, 1.82) is 0 Å². The summed E-state index contributed by atoms with van der Waals surface area (Å²) in [7, 11) is 1.67. The van der Waals surface area contributed by atoms with Gasteiger partial charge in [-0.15, -0.1) is 0 Å². The lowest BCUT2D eigenvalue weighted by Crippen LogP contribution is -2.52. The van der Waals surface area contributed by atoms with Gasteiger partial charge in [0.1, 0.15) is 0 Å². The Morgan fingerprint density at radius 2 is 1.74 bits per heavy atom. The van der Waals surface area contributed by atoms with Crippen molar-refractivity contribution in [2.24, 2.45) is 5.92 Å². The molecule has 0 aromatic carbocycles. The molecule has 2 aliphatic heterocycles. The molecule has 0 saturated carbocycles. The van der Waals surface area contributed by atoms with Crippen molar-refractivity contribution < 1.29 is 19.4 Å². The van der Waals surface area contributed by atoms with Crippen LogP contribution in [0.4, 0.5) is 4.79 Å². The summed E-state index contributed by atoms with van der Waals surface area (Å²) in [4.78, 5) is 26.9. The van der Waals surface area contributed by atoms with Gasteiger partial charge in [0, 0.05) is 33.3 Å². The summed E-state index contributed by atoms with van der Waals surface area (Å²) in [5.41, 5.74) is 0. The number of rotatable bonds is 2. The highest BCUT2D eigenvalue weighted by Crippen LogP contribution is 2.20. The lowest BCUT2D eigenvalue weighted by molar-refractivity contribution is -0.143. The number of urea groups is 1. The first-order valence-electron chi connectivity index (χ1n) is 6.91. The molecule has 2 saturated heterocycles. The van der Waals surface area contributed by atoms with Gasteiger partial charge in [-0.1, -0.05) is 0 Å². The number of carboxylic acids is 1. The molecule has 0 spiro atoms. The van der Waals surface area contributed by atoms with Gasteiger partial charge in [0.2, 0.25) is 0 Å². The van der Waals surface area contributed by atoms with Crippen molar-refractivity contribution in [2.45, 2.75) is 31.8 Å². The number of methoxy groups -OCH3 is 1. The summed E-state index contributed by atoms with van der Waals surface area (Å²) in [6.45, 7) is 2.36. The minimum absolute atomic E-state index is 0.0345. The van der Waals surface area contributed by atoms with Gasteiger partial charge in [0.25, 0.3) is 0 Å². The predicted octanol–water partition coefficient (Wildman–Crippen LogP) is 1.01. The summed E-state index contributed by atoms with van der Waals surface area (Å²) in [6.07, 6.45) is 3.47. The molecule has 2 heterocycles. The average Bonchev–Trinajstić information content (AvgIpc) is 2.46. The number of carbonyl (C=O) groups excluding carboxylic acids is 1. The summed E-state index contributed by atoms with van der Waals surface area (Å²) >= 11 is 0. The number of nitrogens with zero attached hydrogens (tertiary/aromatic N) is 2. The van der Waals surface area contributed by atoms with E-state index in [4.69, 9.17) is 9.84 Å². The molecule has 2 atom stereocenters. The number of piperidine rings is 2. The molecule has 2 aliphatic rings. The number of hydrogen-bond acceptors (Lipinski definition) is 3. The van der Waals surface area contributed by atoms with Crippen LogP contribution in [0.1, 0.15) is 25.7 Å². The topological polar surface area (TPSA) is 70.1 Å². The van der Waals surface area contributed by atoms with E-state index in [9.17, 15) is 9.59 Å². The van der Waals surface area contributed by atoms with Gasteiger partial charge in [0.05, 0.1) is 12.0 Å². The Kier molecular flexibility index (Phi) is 4.63. The Morgan fingerprint density at radius 1 is 1.11 bits per heavy atom. The monoisotopic (exact) mass is 270 g/mol. The smallest absolute Gasteiger partial charge is 0.320 e. The number of carbonyl (C=O) groups is 2. The van der Waals surface area contributed by atoms with E-state index < -0.39 is 11.9 Å². The third kappa shape index (κ3) is 3.37. The maximum atomic E-state index is 12.4. The van der Waals surface area contributed by atoms with Crippen LogP contribution in [-0.4, -0.2) is 66.3 Å². The molecule has 2 rings (SSSR count). The normalized spacial score (nSPS) is 28.3. The Morgan fingerprint density at radius 3 is 2.37 bits per heavy atom. The van der Waals surface area contributed by atoms with Crippen LogP contribution in [0, 0.1) is 5.92 Å². The van der Waals surface area contributed by atoms with Crippen molar-refractivity contribution in [2.75, 3.05) is 33.3 Å². The molecule has 0 radical (unpaired) electrons. The summed E-state index contributed by atoms with van der Waals surface area (Å²) in [6, 6.07) is -0.0345. The lowest BCUT2D eigenvalue weighted by atomic mass is 9.98. The first kappa shape index (κ1) is 14.1. The minimum atomic E-state index is -0.800.